The summed E-state index contributed by atoms with van der Waals surface area (Å²) in [6, 6.07) is 14.1. The van der Waals surface area contributed by atoms with E-state index in [-0.39, 0.29) is 18.7 Å². The Morgan fingerprint density at radius 1 is 0.920 bits per heavy atom. The van der Waals surface area contributed by atoms with Crippen LogP contribution in [0.2, 0.25) is 0 Å². The Hall–Kier alpha value is -2.67. The Labute approximate surface area is 154 Å². The number of para-hydroxylation sites is 1. The van der Waals surface area contributed by atoms with Crippen LogP contribution in [0.4, 0.5) is 5.69 Å². The van der Waals surface area contributed by atoms with Gasteiger partial charge in [-0.25, -0.2) is 0 Å². The minimum atomic E-state index is -0.442. The maximum atomic E-state index is 12.0. The number of hydrazine groups is 1. The minimum Gasteiger partial charge on any atom is -0.326 e. The molecule has 25 heavy (non-hydrogen) atoms. The van der Waals surface area contributed by atoms with Crippen molar-refractivity contribution in [1.29, 1.82) is 0 Å². The fourth-order valence-electron chi connectivity index (χ4n) is 1.97. The number of benzene rings is 2. The average molecular weight is 404 g/mol. The quantitative estimate of drug-likeness (QED) is 0.670. The number of aryl methyl sites for hydroxylation is 1. The third kappa shape index (κ3) is 6.04. The molecule has 0 atom stereocenters. The minimum absolute atomic E-state index is 0.0205. The van der Waals surface area contributed by atoms with Gasteiger partial charge in [-0.3, -0.25) is 25.2 Å². The summed E-state index contributed by atoms with van der Waals surface area (Å²) in [6.45, 7) is 1.91. The first kappa shape index (κ1) is 18.7. The van der Waals surface area contributed by atoms with Crippen molar-refractivity contribution < 1.29 is 14.4 Å². The van der Waals surface area contributed by atoms with Crippen LogP contribution in [0.1, 0.15) is 28.8 Å². The summed E-state index contributed by atoms with van der Waals surface area (Å²) in [7, 11) is 0. The molecule has 6 nitrogen and oxygen atoms in total. The van der Waals surface area contributed by atoms with Gasteiger partial charge in [-0.2, -0.15) is 0 Å². The van der Waals surface area contributed by atoms with Gasteiger partial charge in [0.25, 0.3) is 5.91 Å². The Morgan fingerprint density at radius 3 is 2.28 bits per heavy atom. The first-order chi connectivity index (χ1) is 12.0. The summed E-state index contributed by atoms with van der Waals surface area (Å²) < 4.78 is 0.809. The average Bonchev–Trinajstić information content (AvgIpc) is 2.61. The zero-order valence-corrected chi connectivity index (χ0v) is 15.2. The maximum Gasteiger partial charge on any atom is 0.269 e. The molecule has 0 heterocycles. The number of amides is 3. The van der Waals surface area contributed by atoms with Crippen molar-refractivity contribution in [3.8, 4) is 0 Å². The summed E-state index contributed by atoms with van der Waals surface area (Å²) in [4.78, 5) is 35.5. The van der Waals surface area contributed by atoms with Crippen LogP contribution in [-0.4, -0.2) is 17.7 Å². The van der Waals surface area contributed by atoms with Crippen LogP contribution in [0.5, 0.6) is 0 Å². The SMILES string of the molecule is Cc1ccc(C(=O)NNC(=O)CCC(=O)Nc2ccccc2)cc1Br. The molecule has 130 valence electrons. The van der Waals surface area contributed by atoms with Gasteiger partial charge in [-0.1, -0.05) is 40.2 Å². The van der Waals surface area contributed by atoms with Crippen LogP contribution in [0, 0.1) is 6.92 Å². The molecular formula is C18H18BrN3O3. The molecule has 0 bridgehead atoms. The molecule has 0 aliphatic heterocycles. The largest absolute Gasteiger partial charge is 0.326 e. The van der Waals surface area contributed by atoms with Crippen molar-refractivity contribution >= 4 is 39.3 Å². The molecule has 0 spiro atoms. The monoisotopic (exact) mass is 403 g/mol. The number of nitrogens with one attached hydrogen (secondary N) is 3. The first-order valence-electron chi connectivity index (χ1n) is 7.66. The lowest BCUT2D eigenvalue weighted by Gasteiger charge is -2.09. The second kappa shape index (κ2) is 8.98. The van der Waals surface area contributed by atoms with Gasteiger partial charge in [0, 0.05) is 28.6 Å². The molecule has 3 N–H and O–H groups in total. The highest BCUT2D eigenvalue weighted by molar-refractivity contribution is 9.10. The summed E-state index contributed by atoms with van der Waals surface area (Å²) in [5.74, 6) is -1.14. The first-order valence-corrected chi connectivity index (χ1v) is 8.45. The molecule has 0 radical (unpaired) electrons. The van der Waals surface area contributed by atoms with E-state index < -0.39 is 11.8 Å². The number of carbonyl (C=O) groups excluding carboxylic acids is 3. The molecule has 2 rings (SSSR count). The topological polar surface area (TPSA) is 87.3 Å². The second-order valence-corrected chi connectivity index (χ2v) is 6.23. The van der Waals surface area contributed by atoms with Crippen LogP contribution in [-0.2, 0) is 9.59 Å². The van der Waals surface area contributed by atoms with E-state index in [1.807, 2.05) is 13.0 Å². The van der Waals surface area contributed by atoms with Gasteiger partial charge in [-0.05, 0) is 36.8 Å². The Kier molecular flexibility index (Phi) is 6.71. The molecule has 0 aromatic heterocycles. The summed E-state index contributed by atoms with van der Waals surface area (Å²) >= 11 is 3.35. The van der Waals surface area contributed by atoms with E-state index >= 15 is 0 Å². The van der Waals surface area contributed by atoms with E-state index in [1.54, 1.807) is 42.5 Å². The Balaban J connectivity index is 1.74. The third-order valence-electron chi connectivity index (χ3n) is 3.39. The number of rotatable bonds is 5. The lowest BCUT2D eigenvalue weighted by atomic mass is 10.1. The highest BCUT2D eigenvalue weighted by atomic mass is 79.9. The number of halogens is 1. The van der Waals surface area contributed by atoms with E-state index in [4.69, 9.17) is 0 Å². The highest BCUT2D eigenvalue weighted by Crippen LogP contribution is 2.17. The van der Waals surface area contributed by atoms with Crippen molar-refractivity contribution in [1.82, 2.24) is 10.9 Å². The van der Waals surface area contributed by atoms with Crippen LogP contribution < -0.4 is 16.2 Å². The van der Waals surface area contributed by atoms with Gasteiger partial charge < -0.3 is 5.32 Å². The predicted octanol–water partition coefficient (Wildman–Crippen LogP) is 2.94. The van der Waals surface area contributed by atoms with Crippen LogP contribution in [0.25, 0.3) is 0 Å². The van der Waals surface area contributed by atoms with Gasteiger partial charge in [0.1, 0.15) is 0 Å². The van der Waals surface area contributed by atoms with Gasteiger partial charge in [0.15, 0.2) is 0 Å². The van der Waals surface area contributed by atoms with E-state index in [1.165, 1.54) is 0 Å². The van der Waals surface area contributed by atoms with Crippen LogP contribution in [0.3, 0.4) is 0 Å². The number of hydrogen-bond acceptors (Lipinski definition) is 3. The Morgan fingerprint density at radius 2 is 1.60 bits per heavy atom. The zero-order chi connectivity index (χ0) is 18.2. The third-order valence-corrected chi connectivity index (χ3v) is 4.24. The maximum absolute atomic E-state index is 12.0. The van der Waals surface area contributed by atoms with Gasteiger partial charge in [0.05, 0.1) is 0 Å². The molecule has 0 fully saturated rings. The van der Waals surface area contributed by atoms with Crippen LogP contribution >= 0.6 is 15.9 Å². The molecule has 0 saturated carbocycles. The molecule has 0 aliphatic rings. The van der Waals surface area contributed by atoms with E-state index in [9.17, 15) is 14.4 Å². The van der Waals surface area contributed by atoms with Crippen molar-refractivity contribution in [3.63, 3.8) is 0 Å². The number of hydrogen-bond donors (Lipinski definition) is 3. The van der Waals surface area contributed by atoms with Crippen molar-refractivity contribution in [2.75, 3.05) is 5.32 Å². The lowest BCUT2D eigenvalue weighted by molar-refractivity contribution is -0.124. The molecule has 0 saturated heterocycles. The molecule has 2 aromatic carbocycles. The summed E-state index contributed by atoms with van der Waals surface area (Å²) in [5.41, 5.74) is 6.72. The smallest absolute Gasteiger partial charge is 0.269 e. The molecule has 0 unspecified atom stereocenters. The molecule has 3 amide bonds. The highest BCUT2D eigenvalue weighted by Gasteiger charge is 2.10. The van der Waals surface area contributed by atoms with Crippen molar-refractivity contribution in [2.24, 2.45) is 0 Å². The van der Waals surface area contributed by atoms with E-state index in [0.29, 0.717) is 11.3 Å². The van der Waals surface area contributed by atoms with Gasteiger partial charge >= 0.3 is 0 Å². The second-order valence-electron chi connectivity index (χ2n) is 5.38. The fourth-order valence-corrected chi connectivity index (χ4v) is 2.35. The molecular weight excluding hydrogens is 386 g/mol. The lowest BCUT2D eigenvalue weighted by Crippen LogP contribution is -2.41. The van der Waals surface area contributed by atoms with Gasteiger partial charge in [0.2, 0.25) is 11.8 Å². The van der Waals surface area contributed by atoms with Crippen molar-refractivity contribution in [3.05, 3.63) is 64.1 Å². The summed E-state index contributed by atoms with van der Waals surface area (Å²) in [6.07, 6.45) is -0.0107. The molecule has 7 heteroatoms. The Bertz CT molecular complexity index is 778. The van der Waals surface area contributed by atoms with E-state index in [2.05, 4.69) is 32.1 Å². The summed E-state index contributed by atoms with van der Waals surface area (Å²) in [5, 5.41) is 2.69. The van der Waals surface area contributed by atoms with Crippen LogP contribution in [0.15, 0.2) is 53.0 Å². The fraction of sp³-hybridized carbons (Fsp3) is 0.167. The standard InChI is InChI=1S/C18H18BrN3O3/c1-12-7-8-13(11-15(12)19)18(25)22-21-17(24)10-9-16(23)20-14-5-3-2-4-6-14/h2-8,11H,9-10H2,1H3,(H,20,23)(H,21,24)(H,22,25). The van der Waals surface area contributed by atoms with Crippen molar-refractivity contribution in [2.45, 2.75) is 19.8 Å². The van der Waals surface area contributed by atoms with Gasteiger partial charge in [-0.15, -0.1) is 0 Å². The predicted molar refractivity (Wildman–Crippen MR) is 98.8 cm³/mol. The molecule has 2 aromatic rings. The number of anilines is 1. The van der Waals surface area contributed by atoms with E-state index in [0.717, 1.165) is 10.0 Å². The number of carbonyl (C=O) groups is 3. The zero-order valence-electron chi connectivity index (χ0n) is 13.6. The molecule has 0 aliphatic carbocycles. The normalized spacial score (nSPS) is 10.0.